The van der Waals surface area contributed by atoms with Crippen LogP contribution in [-0.4, -0.2) is 48.9 Å². The smallest absolute Gasteiger partial charge is 0.225 e. The van der Waals surface area contributed by atoms with Gasteiger partial charge in [0.1, 0.15) is 11.9 Å². The molecule has 1 saturated carbocycles. The number of aryl methyl sites for hydroxylation is 2. The zero-order chi connectivity index (χ0) is 23.6. The summed E-state index contributed by atoms with van der Waals surface area (Å²) in [5.74, 6) is 2.99. The lowest BCUT2D eigenvalue weighted by Gasteiger charge is -2.32. The number of halogens is 1. The van der Waals surface area contributed by atoms with Crippen LogP contribution in [0.25, 0.3) is 5.69 Å². The van der Waals surface area contributed by atoms with Crippen LogP contribution >= 0.6 is 11.6 Å². The molecule has 3 aliphatic rings. The van der Waals surface area contributed by atoms with Crippen molar-refractivity contribution >= 4 is 23.2 Å². The molecule has 1 aliphatic carbocycles. The van der Waals surface area contributed by atoms with Crippen LogP contribution in [0.1, 0.15) is 60.2 Å². The fraction of sp³-hybridized carbons (Fsp3) is 0.462. The molecule has 7 nitrogen and oxygen atoms in total. The van der Waals surface area contributed by atoms with Crippen LogP contribution in [0.3, 0.4) is 0 Å². The molecular weight excluding hydrogens is 448 g/mol. The highest BCUT2D eigenvalue weighted by Crippen LogP contribution is 2.38. The van der Waals surface area contributed by atoms with Crippen LogP contribution in [-0.2, 0) is 11.8 Å². The van der Waals surface area contributed by atoms with Gasteiger partial charge >= 0.3 is 0 Å². The van der Waals surface area contributed by atoms with Gasteiger partial charge in [-0.1, -0.05) is 23.7 Å². The molecule has 1 saturated heterocycles. The number of aromatic nitrogens is 4. The molecule has 2 unspecified atom stereocenters. The number of nitrogens with zero attached hydrogens (tertiary/aromatic N) is 6. The van der Waals surface area contributed by atoms with Crippen molar-refractivity contribution in [1.82, 2.24) is 24.2 Å². The Morgan fingerprint density at radius 3 is 2.50 bits per heavy atom. The summed E-state index contributed by atoms with van der Waals surface area (Å²) in [4.78, 5) is 20.8. The minimum atomic E-state index is -0.406. The van der Waals surface area contributed by atoms with Gasteiger partial charge in [0.15, 0.2) is 5.82 Å². The minimum Gasteiger partial charge on any atom is -0.352 e. The normalized spacial score (nSPS) is 23.4. The van der Waals surface area contributed by atoms with Gasteiger partial charge in [-0.05, 0) is 57.1 Å². The van der Waals surface area contributed by atoms with E-state index in [0.29, 0.717) is 23.3 Å². The SMILES string of the molecule is Cc1c2c(cn1C)-n1c(C)nnc1[C@H](CC(=O)N1CC3CCC(C3)C1)N=C2c1ccc(Cl)cc1. The second-order valence-electron chi connectivity index (χ2n) is 10.1. The van der Waals surface area contributed by atoms with Gasteiger partial charge in [0.25, 0.3) is 0 Å². The molecule has 176 valence electrons. The number of fused-ring (bicyclic) bond motifs is 5. The van der Waals surface area contributed by atoms with E-state index in [0.717, 1.165) is 53.0 Å². The number of hydrogen-bond acceptors (Lipinski definition) is 4. The van der Waals surface area contributed by atoms with E-state index in [2.05, 4.69) is 37.4 Å². The van der Waals surface area contributed by atoms with Gasteiger partial charge in [-0.25, -0.2) is 0 Å². The first-order chi connectivity index (χ1) is 16.4. The summed E-state index contributed by atoms with van der Waals surface area (Å²) in [7, 11) is 2.04. The molecule has 3 aromatic rings. The number of benzene rings is 1. The van der Waals surface area contributed by atoms with Gasteiger partial charge in [0, 0.05) is 48.2 Å². The molecule has 2 aliphatic heterocycles. The molecule has 0 radical (unpaired) electrons. The van der Waals surface area contributed by atoms with Gasteiger partial charge in [-0.3, -0.25) is 14.4 Å². The van der Waals surface area contributed by atoms with E-state index in [1.54, 1.807) is 0 Å². The van der Waals surface area contributed by atoms with Gasteiger partial charge in [0.2, 0.25) is 5.91 Å². The van der Waals surface area contributed by atoms with Gasteiger partial charge in [-0.15, -0.1) is 10.2 Å². The van der Waals surface area contributed by atoms with Crippen LogP contribution in [0.15, 0.2) is 35.5 Å². The Bertz CT molecular complexity index is 1290. The molecule has 6 rings (SSSR count). The Hall–Kier alpha value is -2.93. The third-order valence-electron chi connectivity index (χ3n) is 7.82. The van der Waals surface area contributed by atoms with Crippen LogP contribution in [0, 0.1) is 25.7 Å². The number of rotatable bonds is 3. The molecule has 3 atom stereocenters. The Balaban J connectivity index is 1.45. The van der Waals surface area contributed by atoms with Crippen molar-refractivity contribution in [3.05, 3.63) is 64.0 Å². The van der Waals surface area contributed by atoms with Crippen LogP contribution in [0.2, 0.25) is 5.02 Å². The Morgan fingerprint density at radius 1 is 1.09 bits per heavy atom. The lowest BCUT2D eigenvalue weighted by atomic mass is 9.98. The number of carbonyl (C=O) groups excluding carboxylic acids is 1. The van der Waals surface area contributed by atoms with E-state index in [1.807, 2.05) is 38.2 Å². The number of amides is 1. The van der Waals surface area contributed by atoms with E-state index in [-0.39, 0.29) is 5.91 Å². The zero-order valence-corrected chi connectivity index (χ0v) is 20.6. The van der Waals surface area contributed by atoms with Crippen LogP contribution in [0.4, 0.5) is 0 Å². The number of aliphatic imine (C=N–C) groups is 1. The summed E-state index contributed by atoms with van der Waals surface area (Å²) < 4.78 is 4.18. The standard InChI is InChI=1S/C26H29ClN6O/c1-15-24-22(14-31(15)3)33-16(2)29-30-26(33)21(28-25(24)19-6-8-20(27)9-7-19)11-23(34)32-12-17-4-5-18(10-17)13-32/h6-9,14,17-18,21H,4-5,10-13H2,1-3H3/t17?,18?,21-/m0/s1. The molecule has 2 bridgehead atoms. The maximum atomic E-state index is 13.5. The average Bonchev–Trinajstić information content (AvgIpc) is 3.43. The molecule has 0 spiro atoms. The highest BCUT2D eigenvalue weighted by atomic mass is 35.5. The first-order valence-electron chi connectivity index (χ1n) is 12.1. The molecule has 8 heteroatoms. The van der Waals surface area contributed by atoms with Crippen molar-refractivity contribution < 1.29 is 4.79 Å². The number of likely N-dealkylation sites (tertiary alicyclic amines) is 1. The third-order valence-corrected chi connectivity index (χ3v) is 8.07. The summed E-state index contributed by atoms with van der Waals surface area (Å²) in [6, 6.07) is 7.36. The summed E-state index contributed by atoms with van der Waals surface area (Å²) in [5, 5.41) is 9.59. The van der Waals surface area contributed by atoms with Crippen LogP contribution in [0.5, 0.6) is 0 Å². The first-order valence-corrected chi connectivity index (χ1v) is 12.5. The van der Waals surface area contributed by atoms with Crippen molar-refractivity contribution in [3.8, 4) is 5.69 Å². The van der Waals surface area contributed by atoms with Gasteiger partial charge < -0.3 is 9.47 Å². The maximum Gasteiger partial charge on any atom is 0.225 e. The van der Waals surface area contributed by atoms with Gasteiger partial charge in [0.05, 0.1) is 17.8 Å². The molecule has 0 N–H and O–H groups in total. The van der Waals surface area contributed by atoms with Crippen molar-refractivity contribution in [2.75, 3.05) is 13.1 Å². The Morgan fingerprint density at radius 2 is 1.79 bits per heavy atom. The zero-order valence-electron chi connectivity index (χ0n) is 19.8. The van der Waals surface area contributed by atoms with Crippen molar-refractivity contribution in [2.45, 2.75) is 45.6 Å². The van der Waals surface area contributed by atoms with Crippen LogP contribution < -0.4 is 0 Å². The van der Waals surface area contributed by atoms with Gasteiger partial charge in [-0.2, -0.15) is 0 Å². The largest absolute Gasteiger partial charge is 0.352 e. The van der Waals surface area contributed by atoms with Crippen molar-refractivity contribution in [2.24, 2.45) is 23.9 Å². The first kappa shape index (κ1) is 21.6. The predicted octanol–water partition coefficient (Wildman–Crippen LogP) is 4.42. The second-order valence-corrected chi connectivity index (χ2v) is 10.5. The highest BCUT2D eigenvalue weighted by Gasteiger charge is 2.37. The van der Waals surface area contributed by atoms with Crippen molar-refractivity contribution in [3.63, 3.8) is 0 Å². The average molecular weight is 477 g/mol. The quantitative estimate of drug-likeness (QED) is 0.562. The monoisotopic (exact) mass is 476 g/mol. The molecule has 2 fully saturated rings. The van der Waals surface area contributed by atoms with E-state index in [9.17, 15) is 4.79 Å². The van der Waals surface area contributed by atoms with E-state index >= 15 is 0 Å². The summed E-state index contributed by atoms with van der Waals surface area (Å²) >= 11 is 6.19. The minimum absolute atomic E-state index is 0.164. The predicted molar refractivity (Wildman–Crippen MR) is 132 cm³/mol. The summed E-state index contributed by atoms with van der Waals surface area (Å²) in [5.41, 5.74) is 4.98. The molecule has 2 aromatic heterocycles. The Labute approximate surface area is 204 Å². The molecule has 1 amide bonds. The van der Waals surface area contributed by atoms with E-state index in [1.165, 1.54) is 19.3 Å². The number of hydrogen-bond donors (Lipinski definition) is 0. The molecule has 4 heterocycles. The highest BCUT2D eigenvalue weighted by molar-refractivity contribution is 6.30. The maximum absolute atomic E-state index is 13.5. The number of carbonyl (C=O) groups is 1. The summed E-state index contributed by atoms with van der Waals surface area (Å²) in [6.45, 7) is 5.80. The van der Waals surface area contributed by atoms with E-state index in [4.69, 9.17) is 16.6 Å². The molecule has 34 heavy (non-hydrogen) atoms. The lowest BCUT2D eigenvalue weighted by Crippen LogP contribution is -2.41. The second kappa shape index (κ2) is 8.08. The molecular formula is C26H29ClN6O. The van der Waals surface area contributed by atoms with E-state index < -0.39 is 6.04 Å². The fourth-order valence-corrected chi connectivity index (χ4v) is 6.13. The fourth-order valence-electron chi connectivity index (χ4n) is 6.01. The third kappa shape index (κ3) is 3.49. The molecule has 1 aromatic carbocycles. The lowest BCUT2D eigenvalue weighted by molar-refractivity contribution is -0.133. The summed E-state index contributed by atoms with van der Waals surface area (Å²) in [6.07, 6.45) is 6.17. The Kier molecular flexibility index (Phi) is 5.13. The van der Waals surface area contributed by atoms with Crippen molar-refractivity contribution in [1.29, 1.82) is 0 Å². The topological polar surface area (TPSA) is 68.3 Å². The number of piperidine rings is 1.